The number of aliphatic hydroxyl groups excluding tert-OH is 2. The van der Waals surface area contributed by atoms with Gasteiger partial charge < -0.3 is 34.5 Å². The Bertz CT molecular complexity index is 1090. The maximum atomic E-state index is 11.4. The third kappa shape index (κ3) is 6.91. The summed E-state index contributed by atoms with van der Waals surface area (Å²) in [5, 5.41) is 24.2. The van der Waals surface area contributed by atoms with Gasteiger partial charge in [0.15, 0.2) is 0 Å². The largest absolute Gasteiger partial charge is 0.462 e. The van der Waals surface area contributed by atoms with E-state index in [1.165, 1.54) is 19.6 Å². The van der Waals surface area contributed by atoms with Crippen LogP contribution in [0.15, 0.2) is 42.5 Å². The van der Waals surface area contributed by atoms with Gasteiger partial charge in [-0.1, -0.05) is 24.3 Å². The molecule has 38 heavy (non-hydrogen) atoms. The summed E-state index contributed by atoms with van der Waals surface area (Å²) in [5.41, 5.74) is 3.39. The average molecular weight is 529 g/mol. The summed E-state index contributed by atoms with van der Waals surface area (Å²) in [4.78, 5) is 13.8. The molecule has 0 saturated carbocycles. The fourth-order valence-corrected chi connectivity index (χ4v) is 5.18. The Morgan fingerprint density at radius 2 is 1.89 bits per heavy atom. The summed E-state index contributed by atoms with van der Waals surface area (Å²) in [5.74, 6) is 0.433. The van der Waals surface area contributed by atoms with Gasteiger partial charge in [-0.15, -0.1) is 0 Å². The molecule has 1 amide bonds. The number of amides is 1. The number of benzene rings is 2. The fourth-order valence-electron chi connectivity index (χ4n) is 5.18. The zero-order chi connectivity index (χ0) is 27.3. The van der Waals surface area contributed by atoms with E-state index >= 15 is 0 Å². The van der Waals surface area contributed by atoms with E-state index in [0.29, 0.717) is 18.7 Å². The zero-order valence-corrected chi connectivity index (χ0v) is 22.7. The molecular formula is C29H40N2O7. The van der Waals surface area contributed by atoms with Crippen molar-refractivity contribution in [2.24, 2.45) is 0 Å². The number of nitrogens with zero attached hydrogens (tertiary/aromatic N) is 1. The summed E-state index contributed by atoms with van der Waals surface area (Å²) in [6.45, 7) is 9.76. The van der Waals surface area contributed by atoms with E-state index in [0.717, 1.165) is 49.5 Å². The van der Waals surface area contributed by atoms with Crippen molar-refractivity contribution in [3.8, 4) is 16.9 Å². The molecule has 2 fully saturated rings. The molecule has 3 N–H and O–H groups in total. The first-order valence-electron chi connectivity index (χ1n) is 13.2. The van der Waals surface area contributed by atoms with Gasteiger partial charge in [0.05, 0.1) is 18.8 Å². The minimum absolute atomic E-state index is 0.0713. The van der Waals surface area contributed by atoms with Gasteiger partial charge in [0.1, 0.15) is 24.1 Å². The van der Waals surface area contributed by atoms with Crippen molar-refractivity contribution in [2.75, 3.05) is 40.0 Å². The number of ether oxygens (including phenoxy) is 4. The number of carbonyl (C=O) groups is 1. The highest BCUT2D eigenvalue weighted by atomic mass is 16.7. The maximum Gasteiger partial charge on any atom is 0.229 e. The first-order valence-corrected chi connectivity index (χ1v) is 13.2. The van der Waals surface area contributed by atoms with Gasteiger partial charge in [-0.3, -0.25) is 9.69 Å². The Balaban J connectivity index is 1.60. The topological polar surface area (TPSA) is 110 Å². The lowest BCUT2D eigenvalue weighted by atomic mass is 9.89. The van der Waals surface area contributed by atoms with Crippen LogP contribution in [0.3, 0.4) is 0 Å². The van der Waals surface area contributed by atoms with Crippen LogP contribution in [0.1, 0.15) is 31.9 Å². The molecule has 9 nitrogen and oxygen atoms in total. The molecule has 2 aromatic rings. The smallest absolute Gasteiger partial charge is 0.229 e. The van der Waals surface area contributed by atoms with Crippen molar-refractivity contribution >= 4 is 5.91 Å². The van der Waals surface area contributed by atoms with E-state index in [1.54, 1.807) is 13.8 Å². The van der Waals surface area contributed by atoms with Gasteiger partial charge in [-0.2, -0.15) is 0 Å². The zero-order valence-electron chi connectivity index (χ0n) is 22.7. The lowest BCUT2D eigenvalue weighted by molar-refractivity contribution is -0.305. The molecule has 0 bridgehead atoms. The maximum absolute atomic E-state index is 11.4. The molecular weight excluding hydrogens is 488 g/mol. The Morgan fingerprint density at radius 3 is 2.61 bits per heavy atom. The first-order chi connectivity index (χ1) is 18.2. The van der Waals surface area contributed by atoms with E-state index < -0.39 is 30.2 Å². The van der Waals surface area contributed by atoms with Gasteiger partial charge >= 0.3 is 0 Å². The number of rotatable bonds is 9. The Labute approximate surface area is 224 Å². The summed E-state index contributed by atoms with van der Waals surface area (Å²) in [7, 11) is 1.48. The standard InChI is InChI=1S/C29H40N2O7/c1-19(32)30-11-10-21-8-9-23(37-28-26(34)25(33)27(35-4)29(2,3)38-28)17-24(21)22-7-5-6-20(16-22)18-31-12-14-36-15-13-31/h5-9,16-17,25-28,33-34H,10-15,18H2,1-4H3,(H,30,32)/t25-,26+,27+,28+/m0/s1. The van der Waals surface area contributed by atoms with Crippen molar-refractivity contribution in [1.82, 2.24) is 10.2 Å². The first kappa shape index (κ1) is 28.5. The molecule has 2 aliphatic heterocycles. The van der Waals surface area contributed by atoms with Crippen LogP contribution in [0.5, 0.6) is 5.75 Å². The Kier molecular flexibility index (Phi) is 9.40. The molecule has 0 aliphatic carbocycles. The van der Waals surface area contributed by atoms with Gasteiger partial charge in [-0.05, 0) is 60.7 Å². The molecule has 4 rings (SSSR count). The minimum atomic E-state index is -1.28. The molecule has 4 atom stereocenters. The van der Waals surface area contributed by atoms with Crippen molar-refractivity contribution < 1.29 is 34.0 Å². The molecule has 2 aliphatic rings. The molecule has 2 aromatic carbocycles. The lowest BCUT2D eigenvalue weighted by Crippen LogP contribution is -2.63. The van der Waals surface area contributed by atoms with Gasteiger partial charge in [-0.25, -0.2) is 0 Å². The highest BCUT2D eigenvalue weighted by molar-refractivity contribution is 5.73. The molecule has 2 heterocycles. The average Bonchev–Trinajstić information content (AvgIpc) is 2.88. The van der Waals surface area contributed by atoms with Crippen molar-refractivity contribution in [2.45, 2.75) is 63.9 Å². The predicted octanol–water partition coefficient (Wildman–Crippen LogP) is 2.11. The van der Waals surface area contributed by atoms with E-state index in [2.05, 4.69) is 28.4 Å². The molecule has 0 spiro atoms. The van der Waals surface area contributed by atoms with Crippen molar-refractivity contribution in [1.29, 1.82) is 0 Å². The number of aliphatic hydroxyl groups is 2. The van der Waals surface area contributed by atoms with Crippen molar-refractivity contribution in [3.63, 3.8) is 0 Å². The SMILES string of the molecule is CO[C@@H]1[C@@H](O)[C@@H](O)[C@H](Oc2ccc(CCNC(C)=O)c(-c3cccc(CN4CCOCC4)c3)c2)OC1(C)C. The number of hydrogen-bond donors (Lipinski definition) is 3. The van der Waals surface area contributed by atoms with Crippen LogP contribution in [-0.4, -0.2) is 91.2 Å². The number of nitrogens with one attached hydrogen (secondary N) is 1. The second-order valence-electron chi connectivity index (χ2n) is 10.5. The van der Waals surface area contributed by atoms with Crippen molar-refractivity contribution in [3.05, 3.63) is 53.6 Å². The Morgan fingerprint density at radius 1 is 1.13 bits per heavy atom. The molecule has 0 aromatic heterocycles. The number of morpholine rings is 1. The van der Waals surface area contributed by atoms with Crippen LogP contribution >= 0.6 is 0 Å². The summed E-state index contributed by atoms with van der Waals surface area (Å²) < 4.78 is 23.0. The fraction of sp³-hybridized carbons (Fsp3) is 0.552. The predicted molar refractivity (Wildman–Crippen MR) is 143 cm³/mol. The highest BCUT2D eigenvalue weighted by Gasteiger charge is 2.50. The summed E-state index contributed by atoms with van der Waals surface area (Å²) >= 11 is 0. The van der Waals surface area contributed by atoms with Gasteiger partial charge in [0.25, 0.3) is 0 Å². The second kappa shape index (κ2) is 12.5. The molecule has 9 heteroatoms. The van der Waals surface area contributed by atoms with Gasteiger partial charge in [0, 0.05) is 40.2 Å². The van der Waals surface area contributed by atoms with E-state index in [-0.39, 0.29) is 5.91 Å². The monoisotopic (exact) mass is 528 g/mol. The van der Waals surface area contributed by atoms with Crippen LogP contribution < -0.4 is 10.1 Å². The second-order valence-corrected chi connectivity index (χ2v) is 10.5. The Hall–Kier alpha value is -2.53. The third-order valence-electron chi connectivity index (χ3n) is 7.15. The molecule has 208 valence electrons. The van der Waals surface area contributed by atoms with E-state index in [9.17, 15) is 15.0 Å². The molecule has 2 saturated heterocycles. The summed E-state index contributed by atoms with van der Waals surface area (Å²) in [6, 6.07) is 14.1. The van der Waals surface area contributed by atoms with Crippen LogP contribution in [0.2, 0.25) is 0 Å². The quantitative estimate of drug-likeness (QED) is 0.454. The number of carbonyl (C=O) groups excluding carboxylic acids is 1. The van der Waals surface area contributed by atoms with E-state index in [1.807, 2.05) is 24.3 Å². The minimum Gasteiger partial charge on any atom is -0.462 e. The molecule has 0 radical (unpaired) electrons. The lowest BCUT2D eigenvalue weighted by Gasteiger charge is -2.46. The highest BCUT2D eigenvalue weighted by Crippen LogP contribution is 2.35. The van der Waals surface area contributed by atoms with E-state index in [4.69, 9.17) is 18.9 Å². The van der Waals surface area contributed by atoms with Crippen LogP contribution in [0, 0.1) is 0 Å². The van der Waals surface area contributed by atoms with Gasteiger partial charge in [0.2, 0.25) is 12.2 Å². The summed E-state index contributed by atoms with van der Waals surface area (Å²) in [6.07, 6.45) is -3.57. The molecule has 0 unspecified atom stereocenters. The normalized spacial score (nSPS) is 25.6. The van der Waals surface area contributed by atoms with Crippen LogP contribution in [0.4, 0.5) is 0 Å². The van der Waals surface area contributed by atoms with Crippen LogP contribution in [-0.2, 0) is 32.0 Å². The van der Waals surface area contributed by atoms with Crippen LogP contribution in [0.25, 0.3) is 11.1 Å². The number of methoxy groups -OCH3 is 1. The third-order valence-corrected chi connectivity index (χ3v) is 7.15. The number of hydrogen-bond acceptors (Lipinski definition) is 8.